The van der Waals surface area contributed by atoms with Crippen molar-refractivity contribution in [3.8, 4) is 5.75 Å². The Kier molecular flexibility index (Phi) is 6.12. The van der Waals surface area contributed by atoms with Gasteiger partial charge in [0.05, 0.1) is 6.61 Å². The largest absolute Gasteiger partial charge is 0.493 e. The van der Waals surface area contributed by atoms with Gasteiger partial charge in [-0.3, -0.25) is 0 Å². The van der Waals surface area contributed by atoms with E-state index in [2.05, 4.69) is 42.6 Å². The second-order valence-corrected chi connectivity index (χ2v) is 4.87. The number of hydrogen-bond acceptors (Lipinski definition) is 2. The summed E-state index contributed by atoms with van der Waals surface area (Å²) in [6.45, 7) is 4.90. The Balaban J connectivity index is 1.95. The predicted octanol–water partition coefficient (Wildman–Crippen LogP) is 3.85. The zero-order valence-corrected chi connectivity index (χ0v) is 12.1. The maximum Gasteiger partial charge on any atom is 0.119 e. The summed E-state index contributed by atoms with van der Waals surface area (Å²) in [6, 6.07) is 20.7. The van der Waals surface area contributed by atoms with Gasteiger partial charge < -0.3 is 10.1 Å². The number of nitrogens with one attached hydrogen (secondary N) is 1. The SMILES string of the molecule is CCNCCC(COc1ccccc1)c1ccccc1. The van der Waals surface area contributed by atoms with E-state index in [1.54, 1.807) is 0 Å². The molecule has 1 atom stereocenters. The van der Waals surface area contributed by atoms with Gasteiger partial charge in [0.15, 0.2) is 0 Å². The maximum atomic E-state index is 5.93. The molecular weight excluding hydrogens is 246 g/mol. The third-order valence-corrected chi connectivity index (χ3v) is 3.38. The highest BCUT2D eigenvalue weighted by molar-refractivity contribution is 5.23. The van der Waals surface area contributed by atoms with Gasteiger partial charge in [-0.2, -0.15) is 0 Å². The Morgan fingerprint density at radius 2 is 1.60 bits per heavy atom. The Hall–Kier alpha value is -1.80. The Bertz CT molecular complexity index is 469. The fourth-order valence-electron chi connectivity index (χ4n) is 2.24. The first-order chi connectivity index (χ1) is 9.90. The van der Waals surface area contributed by atoms with Gasteiger partial charge in [0, 0.05) is 5.92 Å². The third-order valence-electron chi connectivity index (χ3n) is 3.38. The van der Waals surface area contributed by atoms with Crippen LogP contribution in [-0.2, 0) is 0 Å². The third kappa shape index (κ3) is 4.71. The van der Waals surface area contributed by atoms with Crippen molar-refractivity contribution in [2.75, 3.05) is 19.7 Å². The molecule has 1 unspecified atom stereocenters. The van der Waals surface area contributed by atoms with Crippen molar-refractivity contribution >= 4 is 0 Å². The van der Waals surface area contributed by atoms with Gasteiger partial charge in [-0.1, -0.05) is 55.5 Å². The lowest BCUT2D eigenvalue weighted by molar-refractivity contribution is 0.280. The molecule has 0 aromatic heterocycles. The molecule has 2 nitrogen and oxygen atoms in total. The van der Waals surface area contributed by atoms with E-state index in [0.29, 0.717) is 5.92 Å². The molecule has 0 amide bonds. The summed E-state index contributed by atoms with van der Waals surface area (Å²) in [6.07, 6.45) is 1.09. The molecule has 0 spiro atoms. The summed E-state index contributed by atoms with van der Waals surface area (Å²) in [7, 11) is 0. The standard InChI is InChI=1S/C18H23NO/c1-2-19-14-13-17(16-9-5-3-6-10-16)15-20-18-11-7-4-8-12-18/h3-12,17,19H,2,13-15H2,1H3. The molecule has 0 aliphatic carbocycles. The first-order valence-corrected chi connectivity index (χ1v) is 7.33. The van der Waals surface area contributed by atoms with Crippen LogP contribution in [0.4, 0.5) is 0 Å². The monoisotopic (exact) mass is 269 g/mol. The molecule has 1 N–H and O–H groups in total. The van der Waals surface area contributed by atoms with Crippen molar-refractivity contribution in [2.45, 2.75) is 19.3 Å². The average molecular weight is 269 g/mol. The highest BCUT2D eigenvalue weighted by Gasteiger charge is 2.11. The van der Waals surface area contributed by atoms with E-state index in [1.165, 1.54) is 5.56 Å². The van der Waals surface area contributed by atoms with Crippen LogP contribution in [0.5, 0.6) is 5.75 Å². The van der Waals surface area contributed by atoms with Crippen molar-refractivity contribution in [3.05, 3.63) is 66.2 Å². The van der Waals surface area contributed by atoms with Crippen LogP contribution in [0.15, 0.2) is 60.7 Å². The normalized spacial score (nSPS) is 12.1. The number of ether oxygens (including phenoxy) is 1. The first-order valence-electron chi connectivity index (χ1n) is 7.33. The first kappa shape index (κ1) is 14.6. The summed E-state index contributed by atoms with van der Waals surface area (Å²) >= 11 is 0. The summed E-state index contributed by atoms with van der Waals surface area (Å²) in [5.74, 6) is 1.37. The quantitative estimate of drug-likeness (QED) is 0.735. The molecule has 20 heavy (non-hydrogen) atoms. The lowest BCUT2D eigenvalue weighted by Crippen LogP contribution is -2.20. The van der Waals surface area contributed by atoms with Gasteiger partial charge >= 0.3 is 0 Å². The second kappa shape index (κ2) is 8.39. The van der Waals surface area contributed by atoms with E-state index in [0.717, 1.165) is 31.9 Å². The van der Waals surface area contributed by atoms with E-state index in [9.17, 15) is 0 Å². The number of rotatable bonds is 8. The van der Waals surface area contributed by atoms with E-state index in [-0.39, 0.29) is 0 Å². The molecule has 2 heteroatoms. The van der Waals surface area contributed by atoms with Crippen molar-refractivity contribution < 1.29 is 4.74 Å². The van der Waals surface area contributed by atoms with Crippen LogP contribution in [0.3, 0.4) is 0 Å². The Labute approximate surface area is 121 Å². The second-order valence-electron chi connectivity index (χ2n) is 4.87. The molecule has 0 aliphatic heterocycles. The van der Waals surface area contributed by atoms with Crippen LogP contribution in [0.2, 0.25) is 0 Å². The fourth-order valence-corrected chi connectivity index (χ4v) is 2.24. The Morgan fingerprint density at radius 1 is 0.950 bits per heavy atom. The van der Waals surface area contributed by atoms with E-state index in [1.807, 2.05) is 30.3 Å². The van der Waals surface area contributed by atoms with Crippen molar-refractivity contribution in [1.29, 1.82) is 0 Å². The smallest absolute Gasteiger partial charge is 0.119 e. The molecule has 0 heterocycles. The molecule has 0 saturated carbocycles. The van der Waals surface area contributed by atoms with Gasteiger partial charge in [-0.05, 0) is 37.2 Å². The van der Waals surface area contributed by atoms with Gasteiger partial charge in [0.25, 0.3) is 0 Å². The molecule has 0 aliphatic rings. The highest BCUT2D eigenvalue weighted by atomic mass is 16.5. The van der Waals surface area contributed by atoms with Crippen molar-refractivity contribution in [3.63, 3.8) is 0 Å². The predicted molar refractivity (Wildman–Crippen MR) is 84.3 cm³/mol. The highest BCUT2D eigenvalue weighted by Crippen LogP contribution is 2.21. The van der Waals surface area contributed by atoms with Gasteiger partial charge in [0.2, 0.25) is 0 Å². The lowest BCUT2D eigenvalue weighted by Gasteiger charge is -2.18. The molecule has 2 rings (SSSR count). The number of benzene rings is 2. The minimum Gasteiger partial charge on any atom is -0.493 e. The summed E-state index contributed by atoms with van der Waals surface area (Å²) < 4.78 is 5.93. The minimum absolute atomic E-state index is 0.426. The van der Waals surface area contributed by atoms with Gasteiger partial charge in [0.1, 0.15) is 5.75 Å². The zero-order valence-electron chi connectivity index (χ0n) is 12.1. The van der Waals surface area contributed by atoms with E-state index >= 15 is 0 Å². The molecule has 0 radical (unpaired) electrons. The molecule has 2 aromatic rings. The molecule has 106 valence electrons. The molecule has 2 aromatic carbocycles. The number of hydrogen-bond donors (Lipinski definition) is 1. The van der Waals surface area contributed by atoms with Crippen molar-refractivity contribution in [1.82, 2.24) is 5.32 Å². The molecule has 0 fully saturated rings. The van der Waals surface area contributed by atoms with Crippen LogP contribution in [0.1, 0.15) is 24.8 Å². The van der Waals surface area contributed by atoms with Crippen LogP contribution in [0.25, 0.3) is 0 Å². The fraction of sp³-hybridized carbons (Fsp3) is 0.333. The summed E-state index contributed by atoms with van der Waals surface area (Å²) in [5, 5.41) is 3.39. The van der Waals surface area contributed by atoms with Crippen LogP contribution < -0.4 is 10.1 Å². The molecule has 0 saturated heterocycles. The topological polar surface area (TPSA) is 21.3 Å². The Morgan fingerprint density at radius 3 is 2.25 bits per heavy atom. The lowest BCUT2D eigenvalue weighted by atomic mass is 9.96. The zero-order chi connectivity index (χ0) is 14.0. The maximum absolute atomic E-state index is 5.93. The summed E-state index contributed by atoms with van der Waals surface area (Å²) in [5.41, 5.74) is 1.35. The number of para-hydroxylation sites is 1. The average Bonchev–Trinajstić information content (AvgIpc) is 2.52. The van der Waals surface area contributed by atoms with Gasteiger partial charge in [-0.15, -0.1) is 0 Å². The van der Waals surface area contributed by atoms with E-state index < -0.39 is 0 Å². The molecule has 0 bridgehead atoms. The molecular formula is C18H23NO. The van der Waals surface area contributed by atoms with Crippen LogP contribution in [-0.4, -0.2) is 19.7 Å². The minimum atomic E-state index is 0.426. The van der Waals surface area contributed by atoms with Crippen LogP contribution >= 0.6 is 0 Å². The van der Waals surface area contributed by atoms with Crippen molar-refractivity contribution in [2.24, 2.45) is 0 Å². The van der Waals surface area contributed by atoms with Gasteiger partial charge in [-0.25, -0.2) is 0 Å². The van der Waals surface area contributed by atoms with E-state index in [4.69, 9.17) is 4.74 Å². The van der Waals surface area contributed by atoms with Crippen LogP contribution in [0, 0.1) is 0 Å². The summed E-state index contributed by atoms with van der Waals surface area (Å²) in [4.78, 5) is 0.